The van der Waals surface area contributed by atoms with Gasteiger partial charge in [0.25, 0.3) is 6.43 Å². The van der Waals surface area contributed by atoms with Gasteiger partial charge in [0.15, 0.2) is 12.6 Å². The molecule has 1 aromatic rings. The number of halogens is 5. The van der Waals surface area contributed by atoms with Gasteiger partial charge in [0.2, 0.25) is 0 Å². The van der Waals surface area contributed by atoms with Gasteiger partial charge in [-0.3, -0.25) is 9.59 Å². The molecule has 0 heterocycles. The molecule has 2 nitrogen and oxygen atoms in total. The molecular formula is C10H5F5O2. The Labute approximate surface area is 92.0 Å². The minimum atomic E-state index is -4.93. The Bertz CT molecular complexity index is 451. The maximum atomic E-state index is 12.5. The van der Waals surface area contributed by atoms with Gasteiger partial charge in [-0.2, -0.15) is 13.2 Å². The maximum absolute atomic E-state index is 12.5. The molecule has 7 heteroatoms. The largest absolute Gasteiger partial charge is 0.417 e. The number of benzene rings is 1. The zero-order chi connectivity index (χ0) is 13.2. The number of alkyl halides is 5. The summed E-state index contributed by atoms with van der Waals surface area (Å²) in [6.07, 6.45) is -8.61. The van der Waals surface area contributed by atoms with Gasteiger partial charge in [-0.05, 0) is 6.07 Å². The second kappa shape index (κ2) is 4.60. The van der Waals surface area contributed by atoms with Crippen molar-refractivity contribution >= 4 is 12.6 Å². The SMILES string of the molecule is O=Cc1ccc(C(F)(F)F)c(C=O)c1C(F)F. The fraction of sp³-hybridized carbons (Fsp3) is 0.200. The summed E-state index contributed by atoms with van der Waals surface area (Å²) in [5.74, 6) is 0. The van der Waals surface area contributed by atoms with E-state index in [9.17, 15) is 31.5 Å². The molecule has 0 aliphatic carbocycles. The van der Waals surface area contributed by atoms with E-state index in [0.29, 0.717) is 12.1 Å². The Morgan fingerprint density at radius 2 is 1.65 bits per heavy atom. The first kappa shape index (κ1) is 13.3. The molecule has 0 unspecified atom stereocenters. The first-order chi connectivity index (χ1) is 7.82. The average Bonchev–Trinajstić information content (AvgIpc) is 2.25. The van der Waals surface area contributed by atoms with E-state index in [1.165, 1.54) is 0 Å². The third-order valence-electron chi connectivity index (χ3n) is 2.09. The molecule has 0 saturated carbocycles. The first-order valence-electron chi connectivity index (χ1n) is 4.25. The van der Waals surface area contributed by atoms with Crippen LogP contribution in [0.4, 0.5) is 22.0 Å². The normalized spacial score (nSPS) is 11.6. The molecule has 0 saturated heterocycles. The Morgan fingerprint density at radius 3 is 2.00 bits per heavy atom. The highest BCUT2D eigenvalue weighted by Gasteiger charge is 2.36. The second-order valence-electron chi connectivity index (χ2n) is 3.06. The molecule has 0 radical (unpaired) electrons. The highest BCUT2D eigenvalue weighted by atomic mass is 19.4. The lowest BCUT2D eigenvalue weighted by Crippen LogP contribution is -2.13. The third-order valence-corrected chi connectivity index (χ3v) is 2.09. The molecule has 0 atom stereocenters. The number of hydrogen-bond donors (Lipinski definition) is 0. The van der Waals surface area contributed by atoms with Crippen LogP contribution in [0.3, 0.4) is 0 Å². The van der Waals surface area contributed by atoms with Gasteiger partial charge in [0.1, 0.15) is 0 Å². The number of aldehydes is 2. The number of carbonyl (C=O) groups excluding carboxylic acids is 2. The summed E-state index contributed by atoms with van der Waals surface area (Å²) >= 11 is 0. The van der Waals surface area contributed by atoms with Gasteiger partial charge in [-0.1, -0.05) is 6.07 Å². The summed E-state index contributed by atoms with van der Waals surface area (Å²) in [4.78, 5) is 20.9. The fourth-order valence-corrected chi connectivity index (χ4v) is 1.37. The lowest BCUT2D eigenvalue weighted by molar-refractivity contribution is -0.138. The van der Waals surface area contributed by atoms with Crippen LogP contribution in [0.2, 0.25) is 0 Å². The van der Waals surface area contributed by atoms with Crippen molar-refractivity contribution in [2.24, 2.45) is 0 Å². The number of rotatable bonds is 3. The van der Waals surface area contributed by atoms with Crippen LogP contribution >= 0.6 is 0 Å². The monoisotopic (exact) mass is 252 g/mol. The predicted octanol–water partition coefficient (Wildman–Crippen LogP) is 3.27. The first-order valence-corrected chi connectivity index (χ1v) is 4.25. The zero-order valence-corrected chi connectivity index (χ0v) is 8.09. The molecule has 1 aromatic carbocycles. The second-order valence-corrected chi connectivity index (χ2v) is 3.06. The molecule has 0 aliphatic heterocycles. The molecule has 17 heavy (non-hydrogen) atoms. The van der Waals surface area contributed by atoms with Gasteiger partial charge < -0.3 is 0 Å². The van der Waals surface area contributed by atoms with Crippen LogP contribution in [0.5, 0.6) is 0 Å². The van der Waals surface area contributed by atoms with Crippen molar-refractivity contribution in [1.29, 1.82) is 0 Å². The number of hydrogen-bond acceptors (Lipinski definition) is 2. The van der Waals surface area contributed by atoms with Crippen LogP contribution in [0.1, 0.15) is 38.3 Å². The highest BCUT2D eigenvalue weighted by Crippen LogP contribution is 2.36. The summed E-state index contributed by atoms with van der Waals surface area (Å²) in [6, 6.07) is 1.05. The van der Waals surface area contributed by atoms with Crippen LogP contribution in [-0.4, -0.2) is 12.6 Å². The van der Waals surface area contributed by atoms with E-state index in [0.717, 1.165) is 0 Å². The predicted molar refractivity (Wildman–Crippen MR) is 47.2 cm³/mol. The van der Waals surface area contributed by atoms with E-state index >= 15 is 0 Å². The summed E-state index contributed by atoms with van der Waals surface area (Å²) in [5.41, 5.74) is -4.49. The topological polar surface area (TPSA) is 34.1 Å². The fourth-order valence-electron chi connectivity index (χ4n) is 1.37. The molecular weight excluding hydrogens is 247 g/mol. The summed E-state index contributed by atoms with van der Waals surface area (Å²) < 4.78 is 62.4. The van der Waals surface area contributed by atoms with E-state index in [2.05, 4.69) is 0 Å². The molecule has 0 bridgehead atoms. The van der Waals surface area contributed by atoms with Crippen molar-refractivity contribution in [2.45, 2.75) is 12.6 Å². The van der Waals surface area contributed by atoms with E-state index in [1.807, 2.05) is 0 Å². The van der Waals surface area contributed by atoms with Crippen molar-refractivity contribution in [2.75, 3.05) is 0 Å². The third kappa shape index (κ3) is 2.48. The summed E-state index contributed by atoms with van der Waals surface area (Å²) in [5, 5.41) is 0. The minimum Gasteiger partial charge on any atom is -0.298 e. The molecule has 0 fully saturated rings. The average molecular weight is 252 g/mol. The van der Waals surface area contributed by atoms with Gasteiger partial charge in [-0.25, -0.2) is 8.78 Å². The molecule has 92 valence electrons. The van der Waals surface area contributed by atoms with Crippen LogP contribution in [0, 0.1) is 0 Å². The number of carbonyl (C=O) groups is 2. The van der Waals surface area contributed by atoms with Crippen LogP contribution in [0.15, 0.2) is 12.1 Å². The Hall–Kier alpha value is -1.79. The molecule has 0 aliphatic rings. The zero-order valence-electron chi connectivity index (χ0n) is 8.09. The molecule has 1 rings (SSSR count). The Balaban J connectivity index is 3.64. The van der Waals surface area contributed by atoms with Crippen LogP contribution in [-0.2, 0) is 6.18 Å². The highest BCUT2D eigenvalue weighted by molar-refractivity contribution is 5.87. The molecule has 0 aromatic heterocycles. The Morgan fingerprint density at radius 1 is 1.06 bits per heavy atom. The van der Waals surface area contributed by atoms with E-state index in [-0.39, 0.29) is 12.6 Å². The standard InChI is InChI=1S/C10H5F5O2/c11-9(12)8-5(3-16)1-2-7(6(8)4-17)10(13,14)15/h1-4,9H. The van der Waals surface area contributed by atoms with Crippen LogP contribution in [0.25, 0.3) is 0 Å². The lowest BCUT2D eigenvalue weighted by atomic mass is 9.97. The van der Waals surface area contributed by atoms with Gasteiger partial charge in [0, 0.05) is 16.7 Å². The maximum Gasteiger partial charge on any atom is 0.417 e. The summed E-state index contributed by atoms with van der Waals surface area (Å²) in [7, 11) is 0. The molecule has 0 N–H and O–H groups in total. The van der Waals surface area contributed by atoms with Crippen molar-refractivity contribution in [3.8, 4) is 0 Å². The minimum absolute atomic E-state index is 0.0192. The smallest absolute Gasteiger partial charge is 0.298 e. The summed E-state index contributed by atoms with van der Waals surface area (Å²) in [6.45, 7) is 0. The quantitative estimate of drug-likeness (QED) is 0.611. The molecule has 0 amide bonds. The Kier molecular flexibility index (Phi) is 3.59. The van der Waals surface area contributed by atoms with E-state index in [4.69, 9.17) is 0 Å². The van der Waals surface area contributed by atoms with Crippen LogP contribution < -0.4 is 0 Å². The van der Waals surface area contributed by atoms with Crippen molar-refractivity contribution in [3.05, 3.63) is 34.4 Å². The van der Waals surface area contributed by atoms with Crippen molar-refractivity contribution < 1.29 is 31.5 Å². The van der Waals surface area contributed by atoms with Gasteiger partial charge in [0.05, 0.1) is 5.56 Å². The van der Waals surface area contributed by atoms with Crippen molar-refractivity contribution in [1.82, 2.24) is 0 Å². The van der Waals surface area contributed by atoms with E-state index in [1.54, 1.807) is 0 Å². The van der Waals surface area contributed by atoms with E-state index < -0.39 is 34.9 Å². The molecule has 0 spiro atoms. The lowest BCUT2D eigenvalue weighted by Gasteiger charge is -2.14. The van der Waals surface area contributed by atoms with Gasteiger partial charge in [-0.15, -0.1) is 0 Å². The van der Waals surface area contributed by atoms with Gasteiger partial charge >= 0.3 is 6.18 Å². The van der Waals surface area contributed by atoms with Crippen molar-refractivity contribution in [3.63, 3.8) is 0 Å².